The smallest absolute Gasteiger partial charge is 0.0213 e. The van der Waals surface area contributed by atoms with Gasteiger partial charge in [-0.1, -0.05) is 26.7 Å². The van der Waals surface area contributed by atoms with E-state index in [1.807, 2.05) is 0 Å². The Kier molecular flexibility index (Phi) is 4.63. The summed E-state index contributed by atoms with van der Waals surface area (Å²) >= 11 is 1.79. The second-order valence-electron chi connectivity index (χ2n) is 6.04. The van der Waals surface area contributed by atoms with Gasteiger partial charge in [-0.2, -0.15) is 11.3 Å². The first-order chi connectivity index (χ1) is 8.20. The molecule has 17 heavy (non-hydrogen) atoms. The predicted molar refractivity (Wildman–Crippen MR) is 76.4 cm³/mol. The highest BCUT2D eigenvalue weighted by molar-refractivity contribution is 7.07. The number of nitrogens with one attached hydrogen (secondary N) is 1. The van der Waals surface area contributed by atoms with Gasteiger partial charge < -0.3 is 5.32 Å². The molecule has 1 aromatic rings. The van der Waals surface area contributed by atoms with Crippen LogP contribution in [0.3, 0.4) is 0 Å². The van der Waals surface area contributed by atoms with Crippen molar-refractivity contribution in [3.05, 3.63) is 22.4 Å². The maximum Gasteiger partial charge on any atom is 0.0213 e. The third-order valence-electron chi connectivity index (χ3n) is 3.91. The molecule has 1 fully saturated rings. The van der Waals surface area contributed by atoms with E-state index < -0.39 is 0 Å². The summed E-state index contributed by atoms with van der Waals surface area (Å²) in [5, 5.41) is 8.09. The molecule has 1 nitrogen and oxygen atoms in total. The lowest BCUT2D eigenvalue weighted by Gasteiger charge is -2.31. The molecule has 1 N–H and O–H groups in total. The van der Waals surface area contributed by atoms with E-state index in [0.29, 0.717) is 5.41 Å². The molecule has 1 aliphatic carbocycles. The highest BCUT2D eigenvalue weighted by Gasteiger charge is 2.33. The van der Waals surface area contributed by atoms with Gasteiger partial charge in [0, 0.05) is 13.1 Å². The molecule has 0 aliphatic heterocycles. The Morgan fingerprint density at radius 2 is 2.12 bits per heavy atom. The first kappa shape index (κ1) is 13.1. The Morgan fingerprint density at radius 1 is 1.35 bits per heavy atom. The lowest BCUT2D eigenvalue weighted by molar-refractivity contribution is 0.223. The van der Waals surface area contributed by atoms with Gasteiger partial charge in [0.15, 0.2) is 0 Å². The molecule has 1 aromatic heterocycles. The first-order valence-corrected chi connectivity index (χ1v) is 7.86. The van der Waals surface area contributed by atoms with Gasteiger partial charge in [0.05, 0.1) is 0 Å². The monoisotopic (exact) mass is 251 g/mol. The molecule has 1 heterocycles. The Morgan fingerprint density at radius 3 is 2.71 bits per heavy atom. The number of rotatable bonds is 6. The maximum atomic E-state index is 3.68. The predicted octanol–water partition coefficient (Wildman–Crippen LogP) is 4.44. The molecule has 0 bridgehead atoms. The molecule has 0 radical (unpaired) electrons. The van der Waals surface area contributed by atoms with Crippen LogP contribution in [0.1, 0.15) is 51.5 Å². The summed E-state index contributed by atoms with van der Waals surface area (Å²) < 4.78 is 0. The van der Waals surface area contributed by atoms with E-state index in [0.717, 1.165) is 12.5 Å². The van der Waals surface area contributed by atoms with Gasteiger partial charge in [-0.15, -0.1) is 0 Å². The van der Waals surface area contributed by atoms with Crippen molar-refractivity contribution in [3.8, 4) is 0 Å². The van der Waals surface area contributed by atoms with Crippen LogP contribution >= 0.6 is 11.3 Å². The lowest BCUT2D eigenvalue weighted by Crippen LogP contribution is -2.33. The summed E-state index contributed by atoms with van der Waals surface area (Å²) in [7, 11) is 0. The van der Waals surface area contributed by atoms with E-state index in [4.69, 9.17) is 0 Å². The van der Waals surface area contributed by atoms with Crippen molar-refractivity contribution in [2.24, 2.45) is 11.3 Å². The van der Waals surface area contributed by atoms with Crippen molar-refractivity contribution in [1.82, 2.24) is 5.32 Å². The van der Waals surface area contributed by atoms with Gasteiger partial charge in [0.1, 0.15) is 0 Å². The summed E-state index contributed by atoms with van der Waals surface area (Å²) in [6.07, 6.45) is 7.13. The Balaban J connectivity index is 1.81. The quantitative estimate of drug-likeness (QED) is 0.788. The number of hydrogen-bond acceptors (Lipinski definition) is 2. The Labute approximate surface area is 110 Å². The lowest BCUT2D eigenvalue weighted by atomic mass is 9.78. The fourth-order valence-corrected chi connectivity index (χ4v) is 3.98. The minimum atomic E-state index is 0.601. The molecular weight excluding hydrogens is 226 g/mol. The van der Waals surface area contributed by atoms with Crippen LogP contribution in [-0.4, -0.2) is 6.54 Å². The van der Waals surface area contributed by atoms with E-state index in [1.165, 1.54) is 44.2 Å². The van der Waals surface area contributed by atoms with Crippen molar-refractivity contribution < 1.29 is 0 Å². The van der Waals surface area contributed by atoms with Crippen molar-refractivity contribution in [2.75, 3.05) is 6.54 Å². The van der Waals surface area contributed by atoms with Gasteiger partial charge in [-0.25, -0.2) is 0 Å². The summed E-state index contributed by atoms with van der Waals surface area (Å²) in [6, 6.07) is 2.22. The SMILES string of the molecule is CC(C)CC1(CNCc2ccsc2)CCCC1. The Bertz CT molecular complexity index is 310. The van der Waals surface area contributed by atoms with Crippen molar-refractivity contribution >= 4 is 11.3 Å². The molecule has 96 valence electrons. The number of hydrogen-bond donors (Lipinski definition) is 1. The van der Waals surface area contributed by atoms with Crippen LogP contribution in [0.4, 0.5) is 0 Å². The van der Waals surface area contributed by atoms with Crippen LogP contribution < -0.4 is 5.32 Å². The van der Waals surface area contributed by atoms with E-state index in [2.05, 4.69) is 36.0 Å². The molecule has 0 atom stereocenters. The zero-order valence-electron chi connectivity index (χ0n) is 11.2. The summed E-state index contributed by atoms with van der Waals surface area (Å²) in [6.45, 7) is 6.97. The molecule has 0 unspecified atom stereocenters. The zero-order chi connectivity index (χ0) is 12.1. The topological polar surface area (TPSA) is 12.0 Å². The molecule has 1 saturated carbocycles. The van der Waals surface area contributed by atoms with Gasteiger partial charge >= 0.3 is 0 Å². The second kappa shape index (κ2) is 6.01. The maximum absolute atomic E-state index is 3.68. The molecular formula is C15H25NS. The van der Waals surface area contributed by atoms with Gasteiger partial charge in [-0.05, 0) is 53.0 Å². The van der Waals surface area contributed by atoms with Gasteiger partial charge in [-0.3, -0.25) is 0 Å². The average Bonchev–Trinajstić information content (AvgIpc) is 2.89. The minimum absolute atomic E-state index is 0.601. The fraction of sp³-hybridized carbons (Fsp3) is 0.733. The fourth-order valence-electron chi connectivity index (χ4n) is 3.31. The molecule has 0 aromatic carbocycles. The minimum Gasteiger partial charge on any atom is -0.312 e. The molecule has 0 amide bonds. The molecule has 2 rings (SSSR count). The van der Waals surface area contributed by atoms with Crippen molar-refractivity contribution in [1.29, 1.82) is 0 Å². The van der Waals surface area contributed by atoms with E-state index in [9.17, 15) is 0 Å². The van der Waals surface area contributed by atoms with Gasteiger partial charge in [0.2, 0.25) is 0 Å². The largest absolute Gasteiger partial charge is 0.312 e. The first-order valence-electron chi connectivity index (χ1n) is 6.92. The zero-order valence-corrected chi connectivity index (χ0v) is 12.0. The Hall–Kier alpha value is -0.340. The van der Waals surface area contributed by atoms with Crippen LogP contribution in [0.15, 0.2) is 16.8 Å². The van der Waals surface area contributed by atoms with E-state index in [-0.39, 0.29) is 0 Å². The highest BCUT2D eigenvalue weighted by atomic mass is 32.1. The molecule has 0 spiro atoms. The van der Waals surface area contributed by atoms with Crippen molar-refractivity contribution in [2.45, 2.75) is 52.5 Å². The van der Waals surface area contributed by atoms with Crippen LogP contribution in [0.2, 0.25) is 0 Å². The standard InChI is InChI=1S/C15H25NS/c1-13(2)9-15(6-3-4-7-15)12-16-10-14-5-8-17-11-14/h5,8,11,13,16H,3-4,6-7,9-10,12H2,1-2H3. The van der Waals surface area contributed by atoms with Crippen LogP contribution in [0, 0.1) is 11.3 Å². The molecule has 1 aliphatic rings. The molecule has 0 saturated heterocycles. The number of thiophene rings is 1. The van der Waals surface area contributed by atoms with Gasteiger partial charge in [0.25, 0.3) is 0 Å². The second-order valence-corrected chi connectivity index (χ2v) is 6.82. The van der Waals surface area contributed by atoms with Crippen LogP contribution in [-0.2, 0) is 6.54 Å². The van der Waals surface area contributed by atoms with Crippen molar-refractivity contribution in [3.63, 3.8) is 0 Å². The summed E-state index contributed by atoms with van der Waals surface area (Å²) in [5.41, 5.74) is 2.04. The summed E-state index contributed by atoms with van der Waals surface area (Å²) in [4.78, 5) is 0. The summed E-state index contributed by atoms with van der Waals surface area (Å²) in [5.74, 6) is 0.830. The third kappa shape index (κ3) is 3.82. The highest BCUT2D eigenvalue weighted by Crippen LogP contribution is 2.42. The van der Waals surface area contributed by atoms with Crippen LogP contribution in [0.25, 0.3) is 0 Å². The van der Waals surface area contributed by atoms with E-state index in [1.54, 1.807) is 11.3 Å². The van der Waals surface area contributed by atoms with Crippen LogP contribution in [0.5, 0.6) is 0 Å². The normalized spacial score (nSPS) is 19.0. The van der Waals surface area contributed by atoms with E-state index >= 15 is 0 Å². The molecule has 2 heteroatoms. The third-order valence-corrected chi connectivity index (χ3v) is 4.65. The average molecular weight is 251 g/mol.